The predicted molar refractivity (Wildman–Crippen MR) is 83.3 cm³/mol. The average Bonchev–Trinajstić information content (AvgIpc) is 2.46. The molecule has 0 amide bonds. The third-order valence-electron chi connectivity index (χ3n) is 5.89. The van der Waals surface area contributed by atoms with Crippen molar-refractivity contribution in [2.24, 2.45) is 17.3 Å². The maximum atomic E-state index is 13.2. The van der Waals surface area contributed by atoms with E-state index in [0.717, 1.165) is 32.1 Å². The highest BCUT2D eigenvalue weighted by molar-refractivity contribution is 6.24. The molecule has 1 aromatic rings. The van der Waals surface area contributed by atoms with Gasteiger partial charge in [0.25, 0.3) is 0 Å². The van der Waals surface area contributed by atoms with E-state index in [1.807, 2.05) is 6.07 Å². The summed E-state index contributed by atoms with van der Waals surface area (Å²) in [7, 11) is 0. The first-order valence-electron chi connectivity index (χ1n) is 8.07. The van der Waals surface area contributed by atoms with Crippen molar-refractivity contribution in [2.45, 2.75) is 49.3 Å². The summed E-state index contributed by atoms with van der Waals surface area (Å²) in [4.78, 5) is 17.3. The second-order valence-corrected chi connectivity index (χ2v) is 8.37. The van der Waals surface area contributed by atoms with E-state index < -0.39 is 5.92 Å². The summed E-state index contributed by atoms with van der Waals surface area (Å²) in [5, 5.41) is 9.57. The topological polar surface area (TPSA) is 53.8 Å². The maximum absolute atomic E-state index is 13.2. The SMILES string of the molecule is N#C[C@H](C(=O)C12C[C@H]3C[C@@H](CC(Cl)(C3)C1)C2)c1ccccn1. The maximum Gasteiger partial charge on any atom is 0.162 e. The van der Waals surface area contributed by atoms with E-state index >= 15 is 0 Å². The summed E-state index contributed by atoms with van der Waals surface area (Å²) in [6, 6.07) is 7.62. The van der Waals surface area contributed by atoms with Gasteiger partial charge in [0.1, 0.15) is 5.92 Å². The van der Waals surface area contributed by atoms with E-state index in [2.05, 4.69) is 11.1 Å². The molecule has 3 atom stereocenters. The van der Waals surface area contributed by atoms with Crippen LogP contribution in [0.4, 0.5) is 0 Å². The number of alkyl halides is 1. The van der Waals surface area contributed by atoms with Gasteiger partial charge in [-0.25, -0.2) is 0 Å². The van der Waals surface area contributed by atoms with E-state index in [9.17, 15) is 10.1 Å². The Bertz CT molecular complexity index is 637. The normalized spacial score (nSPS) is 40.2. The van der Waals surface area contributed by atoms with Crippen molar-refractivity contribution in [3.8, 4) is 6.07 Å². The van der Waals surface area contributed by atoms with E-state index in [-0.39, 0.29) is 16.1 Å². The van der Waals surface area contributed by atoms with Crippen LogP contribution in [0.15, 0.2) is 24.4 Å². The fourth-order valence-electron chi connectivity index (χ4n) is 5.55. The zero-order chi connectivity index (χ0) is 15.4. The standard InChI is InChI=1S/C18H19ClN2O/c19-18-8-12-5-13(9-18)7-17(6-12,11-18)16(22)14(10-20)15-3-1-2-4-21-15/h1-4,12-14H,5-9,11H2/t12-,13-,14+,17?,18?/m1/s1. The molecule has 4 aliphatic rings. The number of halogens is 1. The molecule has 0 radical (unpaired) electrons. The quantitative estimate of drug-likeness (QED) is 0.797. The Morgan fingerprint density at radius 2 is 2.05 bits per heavy atom. The van der Waals surface area contributed by atoms with Crippen LogP contribution in [0.5, 0.6) is 0 Å². The van der Waals surface area contributed by atoms with Gasteiger partial charge in [-0.1, -0.05) is 6.07 Å². The largest absolute Gasteiger partial charge is 0.297 e. The van der Waals surface area contributed by atoms with Crippen LogP contribution in [0.25, 0.3) is 0 Å². The van der Waals surface area contributed by atoms with Crippen LogP contribution in [0.3, 0.4) is 0 Å². The van der Waals surface area contributed by atoms with Crippen molar-refractivity contribution in [3.05, 3.63) is 30.1 Å². The number of aromatic nitrogens is 1. The lowest BCUT2D eigenvalue weighted by Crippen LogP contribution is -2.56. The van der Waals surface area contributed by atoms with Crippen LogP contribution < -0.4 is 0 Å². The molecule has 1 heterocycles. The van der Waals surface area contributed by atoms with E-state index in [4.69, 9.17) is 11.6 Å². The van der Waals surface area contributed by atoms with Gasteiger partial charge in [0.15, 0.2) is 5.78 Å². The van der Waals surface area contributed by atoms with Crippen molar-refractivity contribution in [2.75, 3.05) is 0 Å². The number of nitrogens with zero attached hydrogens (tertiary/aromatic N) is 2. The molecule has 4 fully saturated rings. The Hall–Kier alpha value is -1.40. The summed E-state index contributed by atoms with van der Waals surface area (Å²) in [6.07, 6.45) is 7.53. The van der Waals surface area contributed by atoms with Gasteiger partial charge in [-0.05, 0) is 62.5 Å². The minimum Gasteiger partial charge on any atom is -0.297 e. The van der Waals surface area contributed by atoms with Crippen LogP contribution in [-0.2, 0) is 4.79 Å². The van der Waals surface area contributed by atoms with Gasteiger partial charge in [-0.15, -0.1) is 11.6 Å². The fourth-order valence-corrected chi connectivity index (χ4v) is 6.24. The molecule has 4 aliphatic carbocycles. The van der Waals surface area contributed by atoms with Gasteiger partial charge in [0, 0.05) is 16.5 Å². The van der Waals surface area contributed by atoms with Crippen LogP contribution >= 0.6 is 11.6 Å². The second-order valence-electron chi connectivity index (χ2n) is 7.57. The van der Waals surface area contributed by atoms with Gasteiger partial charge in [-0.3, -0.25) is 9.78 Å². The Balaban J connectivity index is 1.69. The number of rotatable bonds is 3. The summed E-state index contributed by atoms with van der Waals surface area (Å²) in [5.74, 6) is 0.432. The number of nitriles is 1. The van der Waals surface area contributed by atoms with E-state index in [0.29, 0.717) is 17.5 Å². The van der Waals surface area contributed by atoms with Gasteiger partial charge in [0.05, 0.1) is 11.8 Å². The van der Waals surface area contributed by atoms with Gasteiger partial charge < -0.3 is 0 Å². The van der Waals surface area contributed by atoms with E-state index in [1.54, 1.807) is 18.3 Å². The molecule has 1 aromatic heterocycles. The molecule has 4 bridgehead atoms. The summed E-state index contributed by atoms with van der Waals surface area (Å²) in [6.45, 7) is 0. The van der Waals surface area contributed by atoms with Gasteiger partial charge in [0.2, 0.25) is 0 Å². The minimum absolute atomic E-state index is 0.0628. The number of ketones is 1. The van der Waals surface area contributed by atoms with Crippen LogP contribution in [0.1, 0.15) is 50.1 Å². The first kappa shape index (κ1) is 14.2. The Morgan fingerprint density at radius 3 is 2.59 bits per heavy atom. The number of hydrogen-bond donors (Lipinski definition) is 0. The molecule has 0 spiro atoms. The smallest absolute Gasteiger partial charge is 0.162 e. The lowest BCUT2D eigenvalue weighted by Gasteiger charge is -2.59. The molecule has 0 N–H and O–H groups in total. The fraction of sp³-hybridized carbons (Fsp3) is 0.611. The molecule has 114 valence electrons. The molecule has 5 rings (SSSR count). The number of carbonyl (C=O) groups excluding carboxylic acids is 1. The summed E-state index contributed by atoms with van der Waals surface area (Å²) in [5.41, 5.74) is 0.193. The molecule has 0 aliphatic heterocycles. The molecule has 22 heavy (non-hydrogen) atoms. The third-order valence-corrected chi connectivity index (χ3v) is 6.33. The molecule has 3 nitrogen and oxygen atoms in total. The highest BCUT2D eigenvalue weighted by atomic mass is 35.5. The lowest BCUT2D eigenvalue weighted by atomic mass is 9.47. The van der Waals surface area contributed by atoms with Crippen LogP contribution in [-0.4, -0.2) is 15.6 Å². The van der Waals surface area contributed by atoms with Crippen molar-refractivity contribution in [1.82, 2.24) is 4.98 Å². The van der Waals surface area contributed by atoms with Crippen molar-refractivity contribution < 1.29 is 4.79 Å². The Morgan fingerprint density at radius 1 is 1.32 bits per heavy atom. The van der Waals surface area contributed by atoms with Gasteiger partial charge >= 0.3 is 0 Å². The lowest BCUT2D eigenvalue weighted by molar-refractivity contribution is -0.142. The molecule has 0 saturated heterocycles. The van der Waals surface area contributed by atoms with Crippen molar-refractivity contribution in [1.29, 1.82) is 5.26 Å². The van der Waals surface area contributed by atoms with Crippen molar-refractivity contribution in [3.63, 3.8) is 0 Å². The Kier molecular flexibility index (Phi) is 3.10. The number of Topliss-reactive ketones (excluding diaryl/α,β-unsaturated/α-hetero) is 1. The average molecular weight is 315 g/mol. The first-order chi connectivity index (χ1) is 10.5. The summed E-state index contributed by atoms with van der Waals surface area (Å²) < 4.78 is 0. The highest BCUT2D eigenvalue weighted by Gasteiger charge is 2.60. The first-order valence-corrected chi connectivity index (χ1v) is 8.45. The zero-order valence-corrected chi connectivity index (χ0v) is 13.2. The molecular weight excluding hydrogens is 296 g/mol. The molecule has 0 aromatic carbocycles. The second kappa shape index (κ2) is 4.80. The van der Waals surface area contributed by atoms with E-state index in [1.165, 1.54) is 6.42 Å². The van der Waals surface area contributed by atoms with Crippen molar-refractivity contribution >= 4 is 17.4 Å². The molecular formula is C18H19ClN2O. The monoisotopic (exact) mass is 314 g/mol. The zero-order valence-electron chi connectivity index (χ0n) is 12.5. The number of pyridine rings is 1. The predicted octanol–water partition coefficient (Wildman–Crippen LogP) is 3.84. The summed E-state index contributed by atoms with van der Waals surface area (Å²) >= 11 is 6.81. The van der Waals surface area contributed by atoms with Gasteiger partial charge in [-0.2, -0.15) is 5.26 Å². The van der Waals surface area contributed by atoms with Crippen LogP contribution in [0, 0.1) is 28.6 Å². The molecule has 4 heteroatoms. The molecule has 0 unspecified atom stereocenters. The number of carbonyl (C=O) groups is 1. The molecule has 4 saturated carbocycles. The third kappa shape index (κ3) is 2.08. The van der Waals surface area contributed by atoms with Crippen LogP contribution in [0.2, 0.25) is 0 Å². The number of hydrogen-bond acceptors (Lipinski definition) is 3. The highest BCUT2D eigenvalue weighted by Crippen LogP contribution is 2.64. The minimum atomic E-state index is -0.752. The Labute approximate surface area is 135 Å².